The molecule has 1 aliphatic heterocycles. The van der Waals surface area contributed by atoms with Crippen LogP contribution in [0.4, 0.5) is 0 Å². The zero-order chi connectivity index (χ0) is 11.4. The van der Waals surface area contributed by atoms with Crippen molar-refractivity contribution in [1.29, 1.82) is 0 Å². The first-order chi connectivity index (χ1) is 7.77. The summed E-state index contributed by atoms with van der Waals surface area (Å²) in [5, 5.41) is 0. The number of piperidine rings is 1. The van der Waals surface area contributed by atoms with Crippen LogP contribution in [0.3, 0.4) is 0 Å². The maximum absolute atomic E-state index is 6.00. The Morgan fingerprint density at radius 2 is 2.38 bits per heavy atom. The first kappa shape index (κ1) is 11.7. The Balaban J connectivity index is 1.98. The predicted molar refractivity (Wildman–Crippen MR) is 65.3 cm³/mol. The third-order valence-corrected chi connectivity index (χ3v) is 3.99. The van der Waals surface area contributed by atoms with E-state index in [2.05, 4.69) is 11.9 Å². The molecule has 0 radical (unpaired) electrons. The van der Waals surface area contributed by atoms with Gasteiger partial charge in [-0.1, -0.05) is 6.42 Å². The van der Waals surface area contributed by atoms with Gasteiger partial charge in [0.25, 0.3) is 0 Å². The number of nitrogens with two attached hydrogens (primary N) is 1. The molecular formula is C13H22N2O. The van der Waals surface area contributed by atoms with Gasteiger partial charge < -0.3 is 10.2 Å². The molecule has 1 saturated heterocycles. The van der Waals surface area contributed by atoms with Crippen molar-refractivity contribution in [2.24, 2.45) is 5.73 Å². The topological polar surface area (TPSA) is 42.4 Å². The first-order valence-electron chi connectivity index (χ1n) is 6.20. The largest absolute Gasteiger partial charge is 0.469 e. The Morgan fingerprint density at radius 1 is 1.50 bits per heavy atom. The Morgan fingerprint density at radius 3 is 3.00 bits per heavy atom. The number of furan rings is 1. The normalized spacial score (nSPS) is 27.1. The monoisotopic (exact) mass is 222 g/mol. The Bertz CT molecular complexity index is 310. The van der Waals surface area contributed by atoms with Crippen LogP contribution >= 0.6 is 0 Å². The third kappa shape index (κ3) is 2.30. The Kier molecular flexibility index (Phi) is 3.66. The molecule has 2 rings (SSSR count). The molecule has 0 aromatic carbocycles. The molecule has 0 amide bonds. The maximum Gasteiger partial charge on any atom is 0.103 e. The number of likely N-dealkylation sites (tertiary alicyclic amines) is 1. The highest BCUT2D eigenvalue weighted by molar-refractivity contribution is 5.02. The van der Waals surface area contributed by atoms with Gasteiger partial charge >= 0.3 is 0 Å². The highest BCUT2D eigenvalue weighted by Crippen LogP contribution is 2.30. The molecule has 0 bridgehead atoms. The fraction of sp³-hybridized carbons (Fsp3) is 0.692. The second kappa shape index (κ2) is 5.02. The molecule has 2 heterocycles. The fourth-order valence-corrected chi connectivity index (χ4v) is 2.72. The molecule has 1 fully saturated rings. The molecule has 1 aromatic rings. The summed E-state index contributed by atoms with van der Waals surface area (Å²) in [6.45, 7) is 1.93. The molecule has 0 aliphatic carbocycles. The molecule has 1 atom stereocenters. The summed E-state index contributed by atoms with van der Waals surface area (Å²) in [7, 11) is 2.20. The summed E-state index contributed by atoms with van der Waals surface area (Å²) in [5.74, 6) is 1.08. The average molecular weight is 222 g/mol. The molecule has 16 heavy (non-hydrogen) atoms. The molecule has 90 valence electrons. The zero-order valence-corrected chi connectivity index (χ0v) is 10.1. The van der Waals surface area contributed by atoms with Crippen LogP contribution in [0.5, 0.6) is 0 Å². The number of likely N-dealkylation sites (N-methyl/N-ethyl adjacent to an activating group) is 1. The quantitative estimate of drug-likeness (QED) is 0.847. The number of rotatable bonds is 4. The lowest BCUT2D eigenvalue weighted by Gasteiger charge is -2.45. The van der Waals surface area contributed by atoms with E-state index in [-0.39, 0.29) is 5.54 Å². The van der Waals surface area contributed by atoms with E-state index in [1.54, 1.807) is 6.26 Å². The number of aryl methyl sites for hydroxylation is 1. The van der Waals surface area contributed by atoms with E-state index in [0.717, 1.165) is 25.1 Å². The minimum absolute atomic E-state index is 0.199. The average Bonchev–Trinajstić information content (AvgIpc) is 2.82. The van der Waals surface area contributed by atoms with Crippen molar-refractivity contribution in [3.05, 3.63) is 24.2 Å². The summed E-state index contributed by atoms with van der Waals surface area (Å²) < 4.78 is 5.39. The molecule has 0 spiro atoms. The summed E-state index contributed by atoms with van der Waals surface area (Å²) in [6.07, 6.45) is 7.68. The SMILES string of the molecule is CN1CCCCC1(CN)CCc1ccco1. The lowest BCUT2D eigenvalue weighted by molar-refractivity contribution is 0.0709. The van der Waals surface area contributed by atoms with Crippen molar-refractivity contribution < 1.29 is 4.42 Å². The van der Waals surface area contributed by atoms with Crippen LogP contribution in [-0.4, -0.2) is 30.6 Å². The molecule has 2 N–H and O–H groups in total. The van der Waals surface area contributed by atoms with Gasteiger partial charge in [0.05, 0.1) is 6.26 Å². The second-order valence-electron chi connectivity index (χ2n) is 4.89. The van der Waals surface area contributed by atoms with Crippen molar-refractivity contribution in [2.75, 3.05) is 20.1 Å². The van der Waals surface area contributed by atoms with E-state index >= 15 is 0 Å². The van der Waals surface area contributed by atoms with E-state index in [1.165, 1.54) is 25.8 Å². The second-order valence-corrected chi connectivity index (χ2v) is 4.89. The van der Waals surface area contributed by atoms with Gasteiger partial charge in [-0.15, -0.1) is 0 Å². The van der Waals surface area contributed by atoms with E-state index in [0.29, 0.717) is 0 Å². The van der Waals surface area contributed by atoms with Gasteiger partial charge in [-0.2, -0.15) is 0 Å². The number of hydrogen-bond donors (Lipinski definition) is 1. The van der Waals surface area contributed by atoms with Gasteiger partial charge in [-0.05, 0) is 45.0 Å². The van der Waals surface area contributed by atoms with Crippen LogP contribution in [0.25, 0.3) is 0 Å². The van der Waals surface area contributed by atoms with E-state index in [4.69, 9.17) is 10.2 Å². The van der Waals surface area contributed by atoms with Crippen LogP contribution in [0.1, 0.15) is 31.4 Å². The zero-order valence-electron chi connectivity index (χ0n) is 10.1. The van der Waals surface area contributed by atoms with Crippen LogP contribution < -0.4 is 5.73 Å². The lowest BCUT2D eigenvalue weighted by atomic mass is 9.83. The van der Waals surface area contributed by atoms with Gasteiger partial charge in [0.15, 0.2) is 0 Å². The lowest BCUT2D eigenvalue weighted by Crippen LogP contribution is -2.54. The summed E-state index contributed by atoms with van der Waals surface area (Å²) in [6, 6.07) is 4.00. The van der Waals surface area contributed by atoms with Crippen molar-refractivity contribution >= 4 is 0 Å². The molecule has 0 saturated carbocycles. The minimum atomic E-state index is 0.199. The van der Waals surface area contributed by atoms with E-state index < -0.39 is 0 Å². The van der Waals surface area contributed by atoms with Crippen molar-refractivity contribution in [2.45, 2.75) is 37.6 Å². The summed E-state index contributed by atoms with van der Waals surface area (Å²) >= 11 is 0. The third-order valence-electron chi connectivity index (χ3n) is 3.99. The van der Waals surface area contributed by atoms with Crippen molar-refractivity contribution in [3.63, 3.8) is 0 Å². The standard InChI is InChI=1S/C13H22N2O/c1-15-9-3-2-7-13(15,11-14)8-6-12-5-4-10-16-12/h4-5,10H,2-3,6-9,11,14H2,1H3. The molecule has 1 aliphatic rings. The summed E-state index contributed by atoms with van der Waals surface area (Å²) in [4.78, 5) is 2.44. The number of nitrogens with zero attached hydrogens (tertiary/aromatic N) is 1. The molecule has 3 heteroatoms. The van der Waals surface area contributed by atoms with Crippen LogP contribution in [0.2, 0.25) is 0 Å². The Hall–Kier alpha value is -0.800. The molecule has 1 aromatic heterocycles. The fourth-order valence-electron chi connectivity index (χ4n) is 2.72. The van der Waals surface area contributed by atoms with Crippen LogP contribution in [-0.2, 0) is 6.42 Å². The van der Waals surface area contributed by atoms with Gasteiger partial charge in [0, 0.05) is 18.5 Å². The Labute approximate surface area is 97.6 Å². The minimum Gasteiger partial charge on any atom is -0.469 e. The predicted octanol–water partition coefficient (Wildman–Crippen LogP) is 2.03. The van der Waals surface area contributed by atoms with E-state index in [9.17, 15) is 0 Å². The van der Waals surface area contributed by atoms with Gasteiger partial charge in [-0.25, -0.2) is 0 Å². The number of hydrogen-bond acceptors (Lipinski definition) is 3. The smallest absolute Gasteiger partial charge is 0.103 e. The molecular weight excluding hydrogens is 200 g/mol. The van der Waals surface area contributed by atoms with Crippen molar-refractivity contribution in [3.8, 4) is 0 Å². The van der Waals surface area contributed by atoms with Crippen molar-refractivity contribution in [1.82, 2.24) is 4.90 Å². The van der Waals surface area contributed by atoms with E-state index in [1.807, 2.05) is 12.1 Å². The van der Waals surface area contributed by atoms with Crippen LogP contribution in [0, 0.1) is 0 Å². The summed E-state index contributed by atoms with van der Waals surface area (Å²) in [5.41, 5.74) is 6.20. The maximum atomic E-state index is 6.00. The van der Waals surface area contributed by atoms with Crippen LogP contribution in [0.15, 0.2) is 22.8 Å². The van der Waals surface area contributed by atoms with Gasteiger partial charge in [0.2, 0.25) is 0 Å². The molecule has 1 unspecified atom stereocenters. The first-order valence-corrected chi connectivity index (χ1v) is 6.20. The van der Waals surface area contributed by atoms with Gasteiger partial charge in [-0.3, -0.25) is 4.90 Å². The molecule has 3 nitrogen and oxygen atoms in total. The highest BCUT2D eigenvalue weighted by atomic mass is 16.3. The van der Waals surface area contributed by atoms with Gasteiger partial charge in [0.1, 0.15) is 5.76 Å². The highest BCUT2D eigenvalue weighted by Gasteiger charge is 2.34.